The van der Waals surface area contributed by atoms with Crippen LogP contribution >= 0.6 is 0 Å². The van der Waals surface area contributed by atoms with Crippen LogP contribution in [0.15, 0.2) is 24.5 Å². The van der Waals surface area contributed by atoms with Gasteiger partial charge in [-0.25, -0.2) is 14.1 Å². The maximum atomic E-state index is 14.1. The van der Waals surface area contributed by atoms with Crippen molar-refractivity contribution >= 4 is 0 Å². The van der Waals surface area contributed by atoms with Gasteiger partial charge in [-0.2, -0.15) is 5.10 Å². The lowest BCUT2D eigenvalue weighted by molar-refractivity contribution is 0.583. The summed E-state index contributed by atoms with van der Waals surface area (Å²) in [5, 5.41) is 4.11. The molecule has 0 saturated heterocycles. The molecule has 0 fully saturated rings. The highest BCUT2D eigenvalue weighted by Gasteiger charge is 2.12. The molecule has 0 N–H and O–H groups in total. The zero-order chi connectivity index (χ0) is 11.7. The first-order valence-electron chi connectivity index (χ1n) is 5.26. The Bertz CT molecular complexity index is 503. The fraction of sp³-hybridized carbons (Fsp3) is 0.333. The molecule has 16 heavy (non-hydrogen) atoms. The normalized spacial score (nSPS) is 11.1. The molecule has 1 aromatic carbocycles. The maximum Gasteiger partial charge on any atom is 0.152 e. The van der Waals surface area contributed by atoms with E-state index in [4.69, 9.17) is 0 Å². The smallest absolute Gasteiger partial charge is 0.152 e. The monoisotopic (exact) mass is 219 g/mol. The van der Waals surface area contributed by atoms with Crippen molar-refractivity contribution in [3.8, 4) is 5.69 Å². The predicted octanol–water partition coefficient (Wildman–Crippen LogP) is 2.84. The van der Waals surface area contributed by atoms with Crippen molar-refractivity contribution in [2.45, 2.75) is 26.7 Å². The highest BCUT2D eigenvalue weighted by atomic mass is 19.1. The van der Waals surface area contributed by atoms with Crippen LogP contribution in [-0.4, -0.2) is 14.8 Å². The third-order valence-electron chi connectivity index (χ3n) is 2.48. The van der Waals surface area contributed by atoms with Crippen LogP contribution in [0.1, 0.15) is 31.2 Å². The summed E-state index contributed by atoms with van der Waals surface area (Å²) >= 11 is 0. The molecule has 0 aliphatic carbocycles. The van der Waals surface area contributed by atoms with Crippen molar-refractivity contribution in [1.82, 2.24) is 14.8 Å². The molecule has 0 spiro atoms. The Morgan fingerprint density at radius 1 is 1.31 bits per heavy atom. The van der Waals surface area contributed by atoms with Gasteiger partial charge < -0.3 is 0 Å². The molecule has 2 rings (SSSR count). The third-order valence-corrected chi connectivity index (χ3v) is 2.48. The Morgan fingerprint density at radius 3 is 2.62 bits per heavy atom. The molecule has 3 nitrogen and oxygen atoms in total. The number of halogens is 1. The van der Waals surface area contributed by atoms with Gasteiger partial charge in [-0.1, -0.05) is 26.0 Å². The lowest BCUT2D eigenvalue weighted by Crippen LogP contribution is -2.03. The van der Waals surface area contributed by atoms with Gasteiger partial charge in [0.2, 0.25) is 0 Å². The maximum absolute atomic E-state index is 14.1. The van der Waals surface area contributed by atoms with E-state index in [1.165, 1.54) is 11.0 Å². The second-order valence-corrected chi connectivity index (χ2v) is 4.07. The molecule has 1 aromatic heterocycles. The average Bonchev–Trinajstić information content (AvgIpc) is 2.64. The fourth-order valence-corrected chi connectivity index (χ4v) is 1.62. The quantitative estimate of drug-likeness (QED) is 0.777. The van der Waals surface area contributed by atoms with E-state index in [1.54, 1.807) is 19.1 Å². The Kier molecular flexibility index (Phi) is 2.73. The first-order valence-corrected chi connectivity index (χ1v) is 5.26. The zero-order valence-corrected chi connectivity index (χ0v) is 9.61. The van der Waals surface area contributed by atoms with E-state index in [1.807, 2.05) is 19.9 Å². The van der Waals surface area contributed by atoms with Crippen LogP contribution in [0.25, 0.3) is 5.69 Å². The second-order valence-electron chi connectivity index (χ2n) is 4.07. The van der Waals surface area contributed by atoms with Crippen LogP contribution in [-0.2, 0) is 0 Å². The van der Waals surface area contributed by atoms with Crippen molar-refractivity contribution in [2.24, 2.45) is 0 Å². The molecule has 0 radical (unpaired) electrons. The topological polar surface area (TPSA) is 30.7 Å². The Labute approximate surface area is 93.9 Å². The second kappa shape index (κ2) is 4.04. The lowest BCUT2D eigenvalue weighted by atomic mass is 10.0. The molecule has 0 aliphatic heterocycles. The minimum atomic E-state index is -0.220. The number of hydrogen-bond acceptors (Lipinski definition) is 2. The van der Waals surface area contributed by atoms with E-state index in [2.05, 4.69) is 10.1 Å². The van der Waals surface area contributed by atoms with Crippen LogP contribution in [0.4, 0.5) is 4.39 Å². The van der Waals surface area contributed by atoms with E-state index in [0.717, 1.165) is 0 Å². The molecule has 4 heteroatoms. The predicted molar refractivity (Wildman–Crippen MR) is 60.1 cm³/mol. The van der Waals surface area contributed by atoms with Gasteiger partial charge in [-0.3, -0.25) is 0 Å². The number of benzene rings is 1. The summed E-state index contributed by atoms with van der Waals surface area (Å²) in [6.45, 7) is 5.71. The van der Waals surface area contributed by atoms with Crippen LogP contribution in [0.2, 0.25) is 0 Å². The van der Waals surface area contributed by atoms with Gasteiger partial charge in [0.05, 0.1) is 0 Å². The Balaban J connectivity index is 2.54. The molecule has 1 heterocycles. The van der Waals surface area contributed by atoms with Crippen molar-refractivity contribution in [1.29, 1.82) is 0 Å². The zero-order valence-electron chi connectivity index (χ0n) is 9.61. The minimum absolute atomic E-state index is 0.157. The van der Waals surface area contributed by atoms with Crippen LogP contribution < -0.4 is 0 Å². The van der Waals surface area contributed by atoms with Gasteiger partial charge in [-0.15, -0.1) is 0 Å². The fourth-order valence-electron chi connectivity index (χ4n) is 1.62. The number of hydrogen-bond donors (Lipinski definition) is 0. The van der Waals surface area contributed by atoms with E-state index >= 15 is 0 Å². The molecule has 0 unspecified atom stereocenters. The largest absolute Gasteiger partial charge is 0.220 e. The van der Waals surface area contributed by atoms with E-state index < -0.39 is 0 Å². The standard InChI is InChI=1S/C12H14FN3/c1-8(2)10-5-4-6-11(12(10)13)16-7-14-9(3)15-16/h4-8H,1-3H3. The number of aromatic nitrogens is 3. The van der Waals surface area contributed by atoms with E-state index in [-0.39, 0.29) is 11.7 Å². The van der Waals surface area contributed by atoms with Gasteiger partial charge in [0.1, 0.15) is 17.8 Å². The van der Waals surface area contributed by atoms with Crippen LogP contribution in [0.5, 0.6) is 0 Å². The summed E-state index contributed by atoms with van der Waals surface area (Å²) in [5.74, 6) is 0.571. The SMILES string of the molecule is Cc1ncn(-c2cccc(C(C)C)c2F)n1. The molecule has 2 aromatic rings. The molecular formula is C12H14FN3. The number of aryl methyl sites for hydroxylation is 1. The summed E-state index contributed by atoms with van der Waals surface area (Å²) in [5.41, 5.74) is 1.15. The molecule has 0 amide bonds. The van der Waals surface area contributed by atoms with E-state index in [9.17, 15) is 4.39 Å². The van der Waals surface area contributed by atoms with Crippen LogP contribution in [0, 0.1) is 12.7 Å². The summed E-state index contributed by atoms with van der Waals surface area (Å²) in [6, 6.07) is 5.34. The number of rotatable bonds is 2. The summed E-state index contributed by atoms with van der Waals surface area (Å²) in [6.07, 6.45) is 1.53. The number of nitrogens with zero attached hydrogens (tertiary/aromatic N) is 3. The summed E-state index contributed by atoms with van der Waals surface area (Å²) < 4.78 is 15.6. The summed E-state index contributed by atoms with van der Waals surface area (Å²) in [4.78, 5) is 3.99. The van der Waals surface area contributed by atoms with Crippen molar-refractivity contribution in [2.75, 3.05) is 0 Å². The highest BCUT2D eigenvalue weighted by Crippen LogP contribution is 2.22. The van der Waals surface area contributed by atoms with Gasteiger partial charge in [0.15, 0.2) is 5.82 Å². The van der Waals surface area contributed by atoms with Gasteiger partial charge in [-0.05, 0) is 24.5 Å². The summed E-state index contributed by atoms with van der Waals surface area (Å²) in [7, 11) is 0. The third kappa shape index (κ3) is 1.83. The highest BCUT2D eigenvalue weighted by molar-refractivity contribution is 5.38. The first kappa shape index (κ1) is 10.8. The van der Waals surface area contributed by atoms with Crippen molar-refractivity contribution < 1.29 is 4.39 Å². The molecule has 0 saturated carbocycles. The Morgan fingerprint density at radius 2 is 2.06 bits per heavy atom. The van der Waals surface area contributed by atoms with E-state index in [0.29, 0.717) is 17.1 Å². The van der Waals surface area contributed by atoms with Crippen LogP contribution in [0.3, 0.4) is 0 Å². The van der Waals surface area contributed by atoms with Crippen molar-refractivity contribution in [3.05, 3.63) is 41.7 Å². The van der Waals surface area contributed by atoms with Gasteiger partial charge >= 0.3 is 0 Å². The molecular weight excluding hydrogens is 205 g/mol. The first-order chi connectivity index (χ1) is 7.59. The Hall–Kier alpha value is -1.71. The minimum Gasteiger partial charge on any atom is -0.220 e. The molecule has 84 valence electrons. The lowest BCUT2D eigenvalue weighted by Gasteiger charge is -2.10. The van der Waals surface area contributed by atoms with Crippen molar-refractivity contribution in [3.63, 3.8) is 0 Å². The molecule has 0 bridgehead atoms. The van der Waals surface area contributed by atoms with Gasteiger partial charge in [0.25, 0.3) is 0 Å². The average molecular weight is 219 g/mol. The molecule has 0 aliphatic rings. The molecule has 0 atom stereocenters. The van der Waals surface area contributed by atoms with Gasteiger partial charge in [0, 0.05) is 0 Å².